The van der Waals surface area contributed by atoms with E-state index in [0.717, 1.165) is 10.5 Å². The van der Waals surface area contributed by atoms with Gasteiger partial charge in [-0.25, -0.2) is 0 Å². The van der Waals surface area contributed by atoms with Gasteiger partial charge in [-0.1, -0.05) is 12.1 Å². The fourth-order valence-electron chi connectivity index (χ4n) is 1.30. The highest BCUT2D eigenvalue weighted by Gasteiger charge is 2.04. The maximum absolute atomic E-state index is 11.4. The molecule has 1 amide bonds. The van der Waals surface area contributed by atoms with Gasteiger partial charge in [-0.15, -0.1) is 11.8 Å². The predicted octanol–water partition coefficient (Wildman–Crippen LogP) is 1.54. The minimum Gasteiger partial charge on any atom is -0.481 e. The molecule has 0 saturated carbocycles. The largest absolute Gasteiger partial charge is 0.481 e. The van der Waals surface area contributed by atoms with Crippen molar-refractivity contribution in [1.29, 1.82) is 0 Å². The van der Waals surface area contributed by atoms with E-state index in [0.29, 0.717) is 0 Å². The van der Waals surface area contributed by atoms with Gasteiger partial charge in [0.15, 0.2) is 0 Å². The zero-order chi connectivity index (χ0) is 12.7. The number of benzene rings is 1. The van der Waals surface area contributed by atoms with E-state index in [-0.39, 0.29) is 25.3 Å². The molecule has 17 heavy (non-hydrogen) atoms. The highest BCUT2D eigenvalue weighted by atomic mass is 32.2. The molecule has 0 radical (unpaired) electrons. The Labute approximate surface area is 104 Å². The molecule has 1 rings (SSSR count). The van der Waals surface area contributed by atoms with Crippen molar-refractivity contribution in [2.24, 2.45) is 0 Å². The van der Waals surface area contributed by atoms with E-state index in [1.165, 1.54) is 0 Å². The molecule has 5 heteroatoms. The molecule has 0 atom stereocenters. The van der Waals surface area contributed by atoms with E-state index < -0.39 is 5.97 Å². The first-order valence-corrected chi connectivity index (χ1v) is 6.45. The van der Waals surface area contributed by atoms with Crippen LogP contribution in [-0.4, -0.2) is 29.8 Å². The van der Waals surface area contributed by atoms with Crippen LogP contribution in [0.4, 0.5) is 0 Å². The average molecular weight is 253 g/mol. The van der Waals surface area contributed by atoms with Crippen molar-refractivity contribution in [3.63, 3.8) is 0 Å². The second-order valence-corrected chi connectivity index (χ2v) is 4.40. The van der Waals surface area contributed by atoms with Crippen molar-refractivity contribution < 1.29 is 14.7 Å². The van der Waals surface area contributed by atoms with Crippen LogP contribution in [0.25, 0.3) is 0 Å². The fourth-order valence-corrected chi connectivity index (χ4v) is 1.71. The van der Waals surface area contributed by atoms with Crippen LogP contribution >= 0.6 is 11.8 Å². The lowest BCUT2D eigenvalue weighted by atomic mass is 10.1. The number of amides is 1. The van der Waals surface area contributed by atoms with E-state index in [1.807, 2.05) is 30.5 Å². The van der Waals surface area contributed by atoms with Gasteiger partial charge in [-0.05, 0) is 24.0 Å². The van der Waals surface area contributed by atoms with Crippen molar-refractivity contribution in [1.82, 2.24) is 5.32 Å². The third-order valence-electron chi connectivity index (χ3n) is 2.18. The highest BCUT2D eigenvalue weighted by Crippen LogP contribution is 2.14. The molecule has 0 unspecified atom stereocenters. The Kier molecular flexibility index (Phi) is 5.56. The highest BCUT2D eigenvalue weighted by molar-refractivity contribution is 7.98. The number of carboxylic acid groups (broad SMARTS) is 1. The maximum atomic E-state index is 11.4. The third kappa shape index (κ3) is 5.40. The Morgan fingerprint density at radius 1 is 1.29 bits per heavy atom. The van der Waals surface area contributed by atoms with E-state index in [1.54, 1.807) is 11.8 Å². The third-order valence-corrected chi connectivity index (χ3v) is 2.93. The van der Waals surface area contributed by atoms with Crippen LogP contribution in [0.5, 0.6) is 0 Å². The Morgan fingerprint density at radius 2 is 1.94 bits per heavy atom. The molecule has 0 heterocycles. The van der Waals surface area contributed by atoms with Crippen molar-refractivity contribution >= 4 is 23.6 Å². The Morgan fingerprint density at radius 3 is 2.47 bits per heavy atom. The van der Waals surface area contributed by atoms with Gasteiger partial charge in [0.05, 0.1) is 12.8 Å². The number of carboxylic acids is 1. The Balaban J connectivity index is 2.37. The minimum absolute atomic E-state index is 0.0445. The molecule has 0 aliphatic rings. The zero-order valence-electron chi connectivity index (χ0n) is 9.60. The van der Waals surface area contributed by atoms with Gasteiger partial charge < -0.3 is 10.4 Å². The number of aliphatic carboxylic acids is 1. The lowest BCUT2D eigenvalue weighted by Crippen LogP contribution is -2.27. The summed E-state index contributed by atoms with van der Waals surface area (Å²) in [6, 6.07) is 7.74. The molecule has 92 valence electrons. The smallest absolute Gasteiger partial charge is 0.305 e. The maximum Gasteiger partial charge on any atom is 0.305 e. The molecule has 1 aromatic rings. The SMILES string of the molecule is CSc1ccc(CC(=O)NCCC(=O)O)cc1. The molecule has 0 aliphatic heterocycles. The molecule has 0 aliphatic carbocycles. The van der Waals surface area contributed by atoms with Gasteiger partial charge in [-0.2, -0.15) is 0 Å². The summed E-state index contributed by atoms with van der Waals surface area (Å²) in [4.78, 5) is 22.8. The second-order valence-electron chi connectivity index (χ2n) is 3.52. The number of nitrogens with one attached hydrogen (secondary N) is 1. The van der Waals surface area contributed by atoms with E-state index >= 15 is 0 Å². The standard InChI is InChI=1S/C12H15NO3S/c1-17-10-4-2-9(3-5-10)8-11(14)13-7-6-12(15)16/h2-5H,6-8H2,1H3,(H,13,14)(H,15,16). The number of thioether (sulfide) groups is 1. The Bertz CT molecular complexity index is 389. The second kappa shape index (κ2) is 6.96. The van der Waals surface area contributed by atoms with E-state index in [2.05, 4.69) is 5.32 Å². The van der Waals surface area contributed by atoms with Gasteiger partial charge in [0.1, 0.15) is 0 Å². The van der Waals surface area contributed by atoms with Crippen molar-refractivity contribution in [3.05, 3.63) is 29.8 Å². The van der Waals surface area contributed by atoms with Gasteiger partial charge >= 0.3 is 5.97 Å². The van der Waals surface area contributed by atoms with Crippen LogP contribution in [0.15, 0.2) is 29.2 Å². The van der Waals surface area contributed by atoms with Crippen molar-refractivity contribution in [2.75, 3.05) is 12.8 Å². The quantitative estimate of drug-likeness (QED) is 0.755. The summed E-state index contributed by atoms with van der Waals surface area (Å²) in [5.74, 6) is -1.06. The van der Waals surface area contributed by atoms with Crippen LogP contribution < -0.4 is 5.32 Å². The molecular weight excluding hydrogens is 238 g/mol. The van der Waals surface area contributed by atoms with E-state index in [9.17, 15) is 9.59 Å². The van der Waals surface area contributed by atoms with Crippen LogP contribution in [0, 0.1) is 0 Å². The molecule has 2 N–H and O–H groups in total. The fraction of sp³-hybridized carbons (Fsp3) is 0.333. The van der Waals surface area contributed by atoms with E-state index in [4.69, 9.17) is 5.11 Å². The molecule has 4 nitrogen and oxygen atoms in total. The van der Waals surface area contributed by atoms with Crippen molar-refractivity contribution in [2.45, 2.75) is 17.7 Å². The summed E-state index contributed by atoms with van der Waals surface area (Å²) in [6.45, 7) is 0.178. The molecule has 0 spiro atoms. The zero-order valence-corrected chi connectivity index (χ0v) is 10.4. The normalized spacial score (nSPS) is 9.94. The summed E-state index contributed by atoms with van der Waals surface area (Å²) in [6.07, 6.45) is 2.24. The molecule has 1 aromatic carbocycles. The topological polar surface area (TPSA) is 66.4 Å². The summed E-state index contributed by atoms with van der Waals surface area (Å²) < 4.78 is 0. The first kappa shape index (κ1) is 13.6. The van der Waals surface area contributed by atoms with Crippen LogP contribution in [0.2, 0.25) is 0 Å². The molecule has 0 saturated heterocycles. The predicted molar refractivity (Wildman–Crippen MR) is 67.2 cm³/mol. The number of hydrogen-bond acceptors (Lipinski definition) is 3. The number of carbonyl (C=O) groups is 2. The summed E-state index contributed by atoms with van der Waals surface area (Å²) >= 11 is 1.65. The first-order chi connectivity index (χ1) is 8.11. The van der Waals surface area contributed by atoms with Gasteiger partial charge in [0, 0.05) is 11.4 Å². The molecule has 0 bridgehead atoms. The summed E-state index contributed by atoms with van der Waals surface area (Å²) in [5, 5.41) is 11.0. The number of rotatable bonds is 6. The van der Waals surface area contributed by atoms with Crippen LogP contribution in [0.3, 0.4) is 0 Å². The summed E-state index contributed by atoms with van der Waals surface area (Å²) in [5.41, 5.74) is 0.927. The lowest BCUT2D eigenvalue weighted by Gasteiger charge is -2.04. The minimum atomic E-state index is -0.908. The van der Waals surface area contributed by atoms with Crippen LogP contribution in [0.1, 0.15) is 12.0 Å². The lowest BCUT2D eigenvalue weighted by molar-refractivity contribution is -0.136. The molecular formula is C12H15NO3S. The monoisotopic (exact) mass is 253 g/mol. The number of carbonyl (C=O) groups excluding carboxylic acids is 1. The average Bonchev–Trinajstić information content (AvgIpc) is 2.29. The van der Waals surface area contributed by atoms with Gasteiger partial charge in [0.25, 0.3) is 0 Å². The Hall–Kier alpha value is -1.49. The number of hydrogen-bond donors (Lipinski definition) is 2. The van der Waals surface area contributed by atoms with Crippen molar-refractivity contribution in [3.8, 4) is 0 Å². The van der Waals surface area contributed by atoms with Crippen LogP contribution in [-0.2, 0) is 16.0 Å². The van der Waals surface area contributed by atoms with Gasteiger partial charge in [0.2, 0.25) is 5.91 Å². The summed E-state index contributed by atoms with van der Waals surface area (Å²) in [7, 11) is 0. The molecule has 0 fully saturated rings. The molecule has 0 aromatic heterocycles. The first-order valence-electron chi connectivity index (χ1n) is 5.23. The van der Waals surface area contributed by atoms with Gasteiger partial charge in [-0.3, -0.25) is 9.59 Å².